The fourth-order valence-electron chi connectivity index (χ4n) is 9.92. The van der Waals surface area contributed by atoms with Gasteiger partial charge in [-0.2, -0.15) is 0 Å². The molecule has 0 bridgehead atoms. The van der Waals surface area contributed by atoms with E-state index in [4.69, 9.17) is 18.9 Å². The number of aliphatic hydroxyl groups excluding tert-OH is 1. The first-order valence-corrected chi connectivity index (χ1v) is 21.6. The number of hydrogen-bond acceptors (Lipinski definition) is 12. The molecule has 6 unspecified atom stereocenters. The van der Waals surface area contributed by atoms with Gasteiger partial charge >= 0.3 is 12.1 Å². The largest absolute Gasteiger partial charge is 0.508 e. The lowest BCUT2D eigenvalue weighted by molar-refractivity contribution is -0.177. The summed E-state index contributed by atoms with van der Waals surface area (Å²) in [6, 6.07) is 34.0. The average molecular weight is 877 g/mol. The van der Waals surface area contributed by atoms with E-state index in [1.807, 2.05) is 77.7 Å². The number of hydrogen-bond donors (Lipinski definition) is 3. The lowest BCUT2D eigenvalue weighted by Gasteiger charge is -2.46. The first kappa shape index (κ1) is 43.2. The summed E-state index contributed by atoms with van der Waals surface area (Å²) in [6.07, 6.45) is -1.75. The van der Waals surface area contributed by atoms with E-state index in [0.29, 0.717) is 48.7 Å². The maximum absolute atomic E-state index is 16.2. The average Bonchev–Trinajstić information content (AvgIpc) is 3.79. The second kappa shape index (κ2) is 18.6. The monoisotopic (exact) mass is 876 g/mol. The molecule has 332 valence electrons. The van der Waals surface area contributed by atoms with Gasteiger partial charge in [-0.3, -0.25) is 19.3 Å². The number of amides is 3. The number of phenolic OH excluding ortho intramolecular Hbond substituents is 1. The van der Waals surface area contributed by atoms with Crippen molar-refractivity contribution in [3.8, 4) is 17.6 Å². The molecular weight excluding hydrogens is 829 g/mol. The number of nitrogens with zero attached hydrogens (tertiary/aromatic N) is 3. The number of rotatable bonds is 10. The number of ether oxygens (including phenoxy) is 4. The number of fused-ring (bicyclic) bond motifs is 3. The van der Waals surface area contributed by atoms with Crippen molar-refractivity contribution in [2.75, 3.05) is 68.4 Å². The highest BCUT2D eigenvalue weighted by Crippen LogP contribution is 2.66. The summed E-state index contributed by atoms with van der Waals surface area (Å²) in [6.45, 7) is 2.30. The summed E-state index contributed by atoms with van der Waals surface area (Å²) in [5.41, 5.74) is 2.04. The highest BCUT2D eigenvalue weighted by Gasteiger charge is 2.75. The Balaban J connectivity index is 1.31. The van der Waals surface area contributed by atoms with Crippen LogP contribution in [0, 0.1) is 17.8 Å². The van der Waals surface area contributed by atoms with Crippen LogP contribution in [0.2, 0.25) is 0 Å². The molecule has 0 saturated carbocycles. The Hall–Kier alpha value is -7.02. The molecule has 14 heteroatoms. The Morgan fingerprint density at radius 1 is 0.831 bits per heavy atom. The minimum absolute atomic E-state index is 0.0464. The number of carbonyl (C=O) groups is 4. The molecule has 3 amide bonds. The fraction of sp³-hybridized carbons (Fsp3) is 0.294. The second-order valence-corrected chi connectivity index (χ2v) is 16.2. The Morgan fingerprint density at radius 2 is 1.52 bits per heavy atom. The van der Waals surface area contributed by atoms with Crippen LogP contribution in [-0.2, 0) is 38.7 Å². The van der Waals surface area contributed by atoms with E-state index in [1.54, 1.807) is 42.5 Å². The van der Waals surface area contributed by atoms with Crippen molar-refractivity contribution in [2.24, 2.45) is 5.92 Å². The van der Waals surface area contributed by atoms with Crippen molar-refractivity contribution in [2.45, 2.75) is 36.1 Å². The number of benzene rings is 5. The van der Waals surface area contributed by atoms with Crippen LogP contribution in [0.25, 0.3) is 0 Å². The van der Waals surface area contributed by atoms with E-state index in [0.717, 1.165) is 16.2 Å². The number of phenols is 1. The zero-order chi connectivity index (χ0) is 45.1. The number of esters is 1. The smallest absolute Gasteiger partial charge is 0.421 e. The van der Waals surface area contributed by atoms with Gasteiger partial charge in [-0.15, -0.1) is 0 Å². The topological polar surface area (TPSA) is 167 Å². The van der Waals surface area contributed by atoms with Crippen LogP contribution < -0.4 is 15.1 Å². The number of morpholine rings is 2. The third-order valence-corrected chi connectivity index (χ3v) is 12.6. The van der Waals surface area contributed by atoms with E-state index in [9.17, 15) is 15.0 Å². The minimum Gasteiger partial charge on any atom is -0.508 e. The van der Waals surface area contributed by atoms with E-state index < -0.39 is 59.4 Å². The number of methoxy groups -OCH3 is 1. The number of imide groups is 1. The molecule has 0 aliphatic carbocycles. The molecular formula is C51H48N4O10. The highest BCUT2D eigenvalue weighted by atomic mass is 16.6. The Bertz CT molecular complexity index is 2610. The molecule has 4 heterocycles. The molecule has 0 aromatic heterocycles. The van der Waals surface area contributed by atoms with E-state index >= 15 is 14.4 Å². The molecule has 4 aliphatic rings. The van der Waals surface area contributed by atoms with Crippen LogP contribution in [0.1, 0.15) is 52.4 Å². The number of aliphatic hydroxyl groups is 1. The molecule has 5 aromatic carbocycles. The van der Waals surface area contributed by atoms with Crippen molar-refractivity contribution in [1.82, 2.24) is 4.90 Å². The molecule has 5 aromatic rings. The number of aromatic hydroxyl groups is 1. The van der Waals surface area contributed by atoms with Gasteiger partial charge in [0.15, 0.2) is 0 Å². The summed E-state index contributed by atoms with van der Waals surface area (Å²) in [4.78, 5) is 66.6. The quantitative estimate of drug-likeness (QED) is 0.0846. The van der Waals surface area contributed by atoms with E-state index in [2.05, 4.69) is 22.1 Å². The molecule has 3 fully saturated rings. The molecule has 3 saturated heterocycles. The Morgan fingerprint density at radius 3 is 2.20 bits per heavy atom. The van der Waals surface area contributed by atoms with Gasteiger partial charge in [0.1, 0.15) is 29.9 Å². The van der Waals surface area contributed by atoms with Crippen LogP contribution in [-0.4, -0.2) is 98.3 Å². The van der Waals surface area contributed by atoms with Crippen molar-refractivity contribution in [3.63, 3.8) is 0 Å². The van der Waals surface area contributed by atoms with Gasteiger partial charge in [-0.05, 0) is 76.9 Å². The van der Waals surface area contributed by atoms with Crippen LogP contribution in [0.5, 0.6) is 5.75 Å². The van der Waals surface area contributed by atoms with Gasteiger partial charge in [0.2, 0.25) is 11.8 Å². The summed E-state index contributed by atoms with van der Waals surface area (Å²) in [7, 11) is 1.46. The minimum atomic E-state index is -2.05. The summed E-state index contributed by atoms with van der Waals surface area (Å²) >= 11 is 0. The predicted molar refractivity (Wildman–Crippen MR) is 240 cm³/mol. The normalized spacial score (nSPS) is 23.6. The Kier molecular flexibility index (Phi) is 12.4. The van der Waals surface area contributed by atoms with Gasteiger partial charge in [0.05, 0.1) is 50.1 Å². The van der Waals surface area contributed by atoms with Crippen LogP contribution in [0.15, 0.2) is 127 Å². The van der Waals surface area contributed by atoms with E-state index in [1.165, 1.54) is 19.2 Å². The predicted octanol–water partition coefficient (Wildman–Crippen LogP) is 6.05. The van der Waals surface area contributed by atoms with Gasteiger partial charge in [-0.1, -0.05) is 84.6 Å². The molecule has 1 spiro atoms. The number of nitrogens with one attached hydrogen (secondary N) is 1. The fourth-order valence-corrected chi connectivity index (χ4v) is 9.92. The number of carbonyl (C=O) groups excluding carboxylic acids is 4. The van der Waals surface area contributed by atoms with Crippen molar-refractivity contribution in [3.05, 3.63) is 155 Å². The maximum Gasteiger partial charge on any atom is 0.421 e. The molecule has 14 nitrogen and oxygen atoms in total. The van der Waals surface area contributed by atoms with Gasteiger partial charge in [-0.25, -0.2) is 9.69 Å². The van der Waals surface area contributed by atoms with Crippen LogP contribution in [0.3, 0.4) is 0 Å². The third kappa shape index (κ3) is 7.87. The van der Waals surface area contributed by atoms with E-state index in [-0.39, 0.29) is 43.2 Å². The first-order valence-electron chi connectivity index (χ1n) is 21.6. The second-order valence-electron chi connectivity index (χ2n) is 16.2. The lowest BCUT2D eigenvalue weighted by atomic mass is 9.65. The molecule has 65 heavy (non-hydrogen) atoms. The van der Waals surface area contributed by atoms with Gasteiger partial charge in [0, 0.05) is 43.6 Å². The summed E-state index contributed by atoms with van der Waals surface area (Å²) in [5.74, 6) is 2.19. The Labute approximate surface area is 376 Å². The zero-order valence-corrected chi connectivity index (χ0v) is 35.7. The van der Waals surface area contributed by atoms with Crippen molar-refractivity contribution >= 4 is 40.9 Å². The first-order chi connectivity index (χ1) is 31.8. The molecule has 0 radical (unpaired) electrons. The summed E-state index contributed by atoms with van der Waals surface area (Å²) in [5, 5.41) is 23.4. The lowest BCUT2D eigenvalue weighted by Crippen LogP contribution is -2.54. The maximum atomic E-state index is 16.2. The molecule has 9 rings (SSSR count). The van der Waals surface area contributed by atoms with Crippen molar-refractivity contribution < 1.29 is 48.3 Å². The highest BCUT2D eigenvalue weighted by molar-refractivity contribution is 6.24. The van der Waals surface area contributed by atoms with Crippen LogP contribution >= 0.6 is 0 Å². The SMILES string of the molecule is COCCOC(=O)N1C(=O)C2(c3cc(C#CCCO)ccc31)C(C(=O)Nc1ccc(N3CCOCC3)cc1)C1C(=O)OC(c3ccccc3)C(c3ccccc3)N1C2c1ccc(O)cc1. The molecule has 6 atom stereocenters. The molecule has 4 aliphatic heterocycles. The number of cyclic esters (lactones) is 1. The van der Waals surface area contributed by atoms with Crippen LogP contribution in [0.4, 0.5) is 21.9 Å². The van der Waals surface area contributed by atoms with Crippen molar-refractivity contribution in [1.29, 1.82) is 0 Å². The van der Waals surface area contributed by atoms with Gasteiger partial charge in [0.25, 0.3) is 0 Å². The standard InChI is InChI=1S/C51H48N4O10/c1-62-30-31-64-50(61)54-41-24-15-33(10-8-9-27-56)32-40(41)51(49(54)60)42(47(58)52-37-18-20-38(21-19-37)53-25-28-63-29-26-53)44-48(59)65-45(35-13-6-3-7-14-35)43(34-11-4-2-5-12-34)55(44)46(51)36-16-22-39(57)23-17-36/h2-7,11-24,32,42-46,56-57H,9,25-31H2,1H3,(H,52,58). The molecule has 3 N–H and O–H groups in total. The zero-order valence-electron chi connectivity index (χ0n) is 35.7. The third-order valence-electron chi connectivity index (χ3n) is 12.6. The number of anilines is 3. The summed E-state index contributed by atoms with van der Waals surface area (Å²) < 4.78 is 22.9. The van der Waals surface area contributed by atoms with Gasteiger partial charge < -0.3 is 39.4 Å².